The van der Waals surface area contributed by atoms with Crippen molar-refractivity contribution in [2.75, 3.05) is 26.3 Å². The number of rotatable bonds is 18. The molecule has 7 nitrogen and oxygen atoms in total. The van der Waals surface area contributed by atoms with Gasteiger partial charge in [0.15, 0.2) is 11.9 Å². The van der Waals surface area contributed by atoms with Crippen LogP contribution >= 0.6 is 0 Å². The fraction of sp³-hybridized carbons (Fsp3) is 0.889. The first-order valence-corrected chi connectivity index (χ1v) is 9.81. The first-order chi connectivity index (χ1) is 12.1. The van der Waals surface area contributed by atoms with Gasteiger partial charge in [0, 0.05) is 26.3 Å². The van der Waals surface area contributed by atoms with Crippen LogP contribution in [-0.4, -0.2) is 38.2 Å². The highest BCUT2D eigenvalue weighted by atomic mass is 16.5. The number of hydrogen-bond acceptors (Lipinski definition) is 3. The Hall–Kier alpha value is -1.50. The SMILES string of the molecule is NC(N)=NCCCCCCCCOCCCCCCCCN=C(N)N. The Morgan fingerprint density at radius 1 is 0.480 bits per heavy atom. The molecule has 0 atom stereocenters. The van der Waals surface area contributed by atoms with Crippen LogP contribution in [0.1, 0.15) is 77.0 Å². The van der Waals surface area contributed by atoms with Crippen LogP contribution < -0.4 is 22.9 Å². The van der Waals surface area contributed by atoms with E-state index in [4.69, 9.17) is 27.7 Å². The molecule has 7 heteroatoms. The van der Waals surface area contributed by atoms with E-state index >= 15 is 0 Å². The molecule has 0 unspecified atom stereocenters. The van der Waals surface area contributed by atoms with E-state index in [-0.39, 0.29) is 11.9 Å². The van der Waals surface area contributed by atoms with Crippen molar-refractivity contribution < 1.29 is 4.74 Å². The number of aliphatic imine (C=N–C) groups is 2. The Kier molecular flexibility index (Phi) is 17.7. The van der Waals surface area contributed by atoms with Gasteiger partial charge in [-0.25, -0.2) is 0 Å². The van der Waals surface area contributed by atoms with Gasteiger partial charge < -0.3 is 27.7 Å². The van der Waals surface area contributed by atoms with Crippen molar-refractivity contribution in [3.05, 3.63) is 0 Å². The molecule has 8 N–H and O–H groups in total. The van der Waals surface area contributed by atoms with Crippen molar-refractivity contribution in [1.29, 1.82) is 0 Å². The topological polar surface area (TPSA) is 138 Å². The van der Waals surface area contributed by atoms with Crippen LogP contribution in [0.4, 0.5) is 0 Å². The van der Waals surface area contributed by atoms with E-state index in [1.807, 2.05) is 0 Å². The van der Waals surface area contributed by atoms with Crippen LogP contribution in [0.3, 0.4) is 0 Å². The lowest BCUT2D eigenvalue weighted by Crippen LogP contribution is -2.22. The van der Waals surface area contributed by atoms with E-state index in [2.05, 4.69) is 9.98 Å². The predicted octanol–water partition coefficient (Wildman–Crippen LogP) is 2.23. The lowest BCUT2D eigenvalue weighted by atomic mass is 10.1. The maximum absolute atomic E-state index is 5.69. The molecule has 0 aliphatic carbocycles. The van der Waals surface area contributed by atoms with E-state index in [1.165, 1.54) is 64.2 Å². The van der Waals surface area contributed by atoms with Crippen molar-refractivity contribution >= 4 is 11.9 Å². The van der Waals surface area contributed by atoms with Crippen molar-refractivity contribution in [2.24, 2.45) is 32.9 Å². The second kappa shape index (κ2) is 18.8. The highest BCUT2D eigenvalue weighted by Gasteiger charge is 1.94. The van der Waals surface area contributed by atoms with Gasteiger partial charge in [-0.3, -0.25) is 9.98 Å². The lowest BCUT2D eigenvalue weighted by Gasteiger charge is -2.05. The summed E-state index contributed by atoms with van der Waals surface area (Å²) in [6.45, 7) is 3.29. The highest BCUT2D eigenvalue weighted by molar-refractivity contribution is 5.75. The van der Waals surface area contributed by atoms with Gasteiger partial charge in [-0.1, -0.05) is 51.4 Å². The van der Waals surface area contributed by atoms with Gasteiger partial charge in [-0.2, -0.15) is 0 Å². The quantitative estimate of drug-likeness (QED) is 0.169. The zero-order chi connectivity index (χ0) is 18.6. The maximum atomic E-state index is 5.69. The molecule has 0 spiro atoms. The average molecular weight is 357 g/mol. The summed E-state index contributed by atoms with van der Waals surface area (Å²) in [5.74, 6) is 0.389. The standard InChI is InChI=1S/C18H40N6O/c19-17(20)23-13-9-5-1-3-7-11-15-25-16-12-8-4-2-6-10-14-24-18(21)22/h1-16H2,(H4,19,20,23)(H4,21,22,24). The van der Waals surface area contributed by atoms with Gasteiger partial charge >= 0.3 is 0 Å². The number of hydrogen-bond donors (Lipinski definition) is 4. The average Bonchev–Trinajstić information content (AvgIpc) is 2.56. The summed E-state index contributed by atoms with van der Waals surface area (Å²) in [6, 6.07) is 0. The largest absolute Gasteiger partial charge is 0.381 e. The summed E-state index contributed by atoms with van der Waals surface area (Å²) in [7, 11) is 0. The molecule has 0 saturated carbocycles. The zero-order valence-corrected chi connectivity index (χ0v) is 15.9. The first-order valence-electron chi connectivity index (χ1n) is 9.81. The van der Waals surface area contributed by atoms with E-state index in [0.29, 0.717) is 0 Å². The van der Waals surface area contributed by atoms with Gasteiger partial charge in [0.25, 0.3) is 0 Å². The molecular formula is C18H40N6O. The van der Waals surface area contributed by atoms with E-state index in [9.17, 15) is 0 Å². The molecule has 0 aromatic carbocycles. The van der Waals surface area contributed by atoms with Gasteiger partial charge in [0.1, 0.15) is 0 Å². The molecule has 0 radical (unpaired) electrons. The third-order valence-corrected chi connectivity index (χ3v) is 3.98. The second-order valence-corrected chi connectivity index (χ2v) is 6.47. The first kappa shape index (κ1) is 23.5. The number of nitrogens with zero attached hydrogens (tertiary/aromatic N) is 2. The summed E-state index contributed by atoms with van der Waals surface area (Å²) in [4.78, 5) is 7.95. The second-order valence-electron chi connectivity index (χ2n) is 6.47. The fourth-order valence-electron chi connectivity index (χ4n) is 2.56. The molecule has 0 aliphatic heterocycles. The van der Waals surface area contributed by atoms with Crippen LogP contribution in [0.25, 0.3) is 0 Å². The molecular weight excluding hydrogens is 316 g/mol. The Morgan fingerprint density at radius 3 is 1.16 bits per heavy atom. The predicted molar refractivity (Wildman–Crippen MR) is 108 cm³/mol. The number of nitrogens with two attached hydrogens (primary N) is 4. The highest BCUT2D eigenvalue weighted by Crippen LogP contribution is 2.07. The van der Waals surface area contributed by atoms with E-state index in [0.717, 1.165) is 39.1 Å². The Balaban J connectivity index is 3.05. The summed E-state index contributed by atoms with van der Waals surface area (Å²) >= 11 is 0. The van der Waals surface area contributed by atoms with Crippen molar-refractivity contribution in [1.82, 2.24) is 0 Å². The molecule has 0 aromatic heterocycles. The minimum atomic E-state index is 0.194. The maximum Gasteiger partial charge on any atom is 0.185 e. The molecule has 0 saturated heterocycles. The number of ether oxygens (including phenoxy) is 1. The van der Waals surface area contributed by atoms with Gasteiger partial charge in [-0.15, -0.1) is 0 Å². The summed E-state index contributed by atoms with van der Waals surface area (Å²) in [6.07, 6.45) is 14.4. The summed E-state index contributed by atoms with van der Waals surface area (Å²) in [5.41, 5.74) is 21.1. The Labute approximate surface area is 153 Å². The third kappa shape index (κ3) is 22.5. The number of unbranched alkanes of at least 4 members (excludes halogenated alkanes) is 10. The Morgan fingerprint density at radius 2 is 0.800 bits per heavy atom. The van der Waals surface area contributed by atoms with E-state index < -0.39 is 0 Å². The lowest BCUT2D eigenvalue weighted by molar-refractivity contribution is 0.125. The molecule has 148 valence electrons. The molecule has 0 heterocycles. The third-order valence-electron chi connectivity index (χ3n) is 3.98. The fourth-order valence-corrected chi connectivity index (χ4v) is 2.56. The molecule has 0 aromatic rings. The Bertz CT molecular complexity index is 306. The van der Waals surface area contributed by atoms with Crippen molar-refractivity contribution in [2.45, 2.75) is 77.0 Å². The molecule has 0 amide bonds. The molecule has 0 aliphatic rings. The van der Waals surface area contributed by atoms with Crippen LogP contribution in [-0.2, 0) is 4.74 Å². The van der Waals surface area contributed by atoms with E-state index in [1.54, 1.807) is 0 Å². The smallest absolute Gasteiger partial charge is 0.185 e. The minimum Gasteiger partial charge on any atom is -0.381 e. The zero-order valence-electron chi connectivity index (χ0n) is 15.9. The van der Waals surface area contributed by atoms with Crippen LogP contribution in [0.5, 0.6) is 0 Å². The summed E-state index contributed by atoms with van der Waals surface area (Å²) in [5, 5.41) is 0. The van der Waals surface area contributed by atoms with Gasteiger partial charge in [0.2, 0.25) is 0 Å². The normalized spacial score (nSPS) is 10.6. The molecule has 25 heavy (non-hydrogen) atoms. The van der Waals surface area contributed by atoms with Crippen LogP contribution in [0.15, 0.2) is 9.98 Å². The molecule has 0 rings (SSSR count). The monoisotopic (exact) mass is 356 g/mol. The van der Waals surface area contributed by atoms with Gasteiger partial charge in [-0.05, 0) is 25.7 Å². The molecule has 0 bridgehead atoms. The minimum absolute atomic E-state index is 0.194. The summed E-state index contributed by atoms with van der Waals surface area (Å²) < 4.78 is 5.69. The van der Waals surface area contributed by atoms with Crippen molar-refractivity contribution in [3.63, 3.8) is 0 Å². The number of guanidine groups is 2. The van der Waals surface area contributed by atoms with Crippen LogP contribution in [0.2, 0.25) is 0 Å². The van der Waals surface area contributed by atoms with Crippen molar-refractivity contribution in [3.8, 4) is 0 Å². The molecule has 0 fully saturated rings. The van der Waals surface area contributed by atoms with Gasteiger partial charge in [0.05, 0.1) is 0 Å². The van der Waals surface area contributed by atoms with Crippen LogP contribution in [0, 0.1) is 0 Å².